The molecule has 140 valence electrons. The molecular weight excluding hydrogens is 366 g/mol. The van der Waals surface area contributed by atoms with Gasteiger partial charge < -0.3 is 20.0 Å². The Morgan fingerprint density at radius 1 is 1.23 bits per heavy atom. The summed E-state index contributed by atoms with van der Waals surface area (Å²) < 4.78 is 5.22. The van der Waals surface area contributed by atoms with Crippen LogP contribution in [0.5, 0.6) is 0 Å². The fourth-order valence-electron chi connectivity index (χ4n) is 3.25. The summed E-state index contributed by atoms with van der Waals surface area (Å²) >= 11 is 7.38. The summed E-state index contributed by atoms with van der Waals surface area (Å²) in [7, 11) is 0. The van der Waals surface area contributed by atoms with E-state index >= 15 is 0 Å². The van der Waals surface area contributed by atoms with Crippen molar-refractivity contribution in [3.63, 3.8) is 0 Å². The lowest BCUT2D eigenvalue weighted by Crippen LogP contribution is -2.48. The van der Waals surface area contributed by atoms with E-state index in [9.17, 15) is 4.79 Å². The number of carbonyl (C=O) groups is 1. The number of thiophene rings is 1. The standard InChI is InChI=1S/C19H25N3O2S2/c23-18(20-12-16-8-4-10-24-16)13-21-19(25)22(14-17-9-5-11-26-17)15-6-2-1-3-7-15/h4-5,8-11,15H,1-3,6-7,12-14H2,(H,20,23)(H,21,25). The minimum atomic E-state index is -0.0940. The second kappa shape index (κ2) is 9.73. The summed E-state index contributed by atoms with van der Waals surface area (Å²) in [6.45, 7) is 1.37. The molecule has 1 aliphatic carbocycles. The van der Waals surface area contributed by atoms with Crippen LogP contribution in [-0.2, 0) is 17.9 Å². The number of amides is 1. The molecule has 0 spiro atoms. The van der Waals surface area contributed by atoms with Crippen molar-refractivity contribution in [1.29, 1.82) is 0 Å². The van der Waals surface area contributed by atoms with Gasteiger partial charge in [0, 0.05) is 10.9 Å². The second-order valence-corrected chi connectivity index (χ2v) is 7.93. The molecule has 2 aromatic heterocycles. The van der Waals surface area contributed by atoms with E-state index in [1.807, 2.05) is 12.1 Å². The van der Waals surface area contributed by atoms with Gasteiger partial charge in [-0.3, -0.25) is 4.79 Å². The zero-order valence-corrected chi connectivity index (χ0v) is 16.4. The lowest BCUT2D eigenvalue weighted by molar-refractivity contribution is -0.120. The molecule has 1 aliphatic rings. The van der Waals surface area contributed by atoms with Crippen LogP contribution in [0, 0.1) is 0 Å². The quantitative estimate of drug-likeness (QED) is 0.706. The zero-order chi connectivity index (χ0) is 18.2. The molecular formula is C19H25N3O2S2. The normalized spacial score (nSPS) is 14.8. The van der Waals surface area contributed by atoms with Gasteiger partial charge in [-0.2, -0.15) is 0 Å². The topological polar surface area (TPSA) is 57.5 Å². The molecule has 3 rings (SSSR count). The van der Waals surface area contributed by atoms with Crippen molar-refractivity contribution in [3.8, 4) is 0 Å². The largest absolute Gasteiger partial charge is 0.467 e. The number of thiocarbonyl (C=S) groups is 1. The molecule has 5 nitrogen and oxygen atoms in total. The first-order chi connectivity index (χ1) is 12.7. The minimum Gasteiger partial charge on any atom is -0.467 e. The van der Waals surface area contributed by atoms with Gasteiger partial charge in [0.1, 0.15) is 5.76 Å². The molecule has 0 saturated heterocycles. The van der Waals surface area contributed by atoms with Gasteiger partial charge in [-0.05, 0) is 48.6 Å². The highest BCUT2D eigenvalue weighted by Crippen LogP contribution is 2.25. The highest BCUT2D eigenvalue weighted by molar-refractivity contribution is 7.80. The summed E-state index contributed by atoms with van der Waals surface area (Å²) in [6, 6.07) is 8.31. The molecule has 26 heavy (non-hydrogen) atoms. The van der Waals surface area contributed by atoms with E-state index in [1.165, 1.54) is 24.1 Å². The van der Waals surface area contributed by atoms with Crippen LogP contribution in [0.2, 0.25) is 0 Å². The van der Waals surface area contributed by atoms with E-state index in [4.69, 9.17) is 16.6 Å². The van der Waals surface area contributed by atoms with E-state index in [0.717, 1.165) is 25.1 Å². The average molecular weight is 392 g/mol. The predicted octanol–water partition coefficient (Wildman–Crippen LogP) is 3.67. The SMILES string of the molecule is O=C(CNC(=S)N(Cc1cccs1)C1CCCCC1)NCc1ccco1. The van der Waals surface area contributed by atoms with E-state index < -0.39 is 0 Å². The maximum absolute atomic E-state index is 12.1. The third-order valence-electron chi connectivity index (χ3n) is 4.62. The summed E-state index contributed by atoms with van der Waals surface area (Å²) in [5, 5.41) is 8.73. The number of furan rings is 1. The molecule has 2 N–H and O–H groups in total. The van der Waals surface area contributed by atoms with Crippen molar-refractivity contribution >= 4 is 34.6 Å². The molecule has 0 aromatic carbocycles. The molecule has 2 heterocycles. The summed E-state index contributed by atoms with van der Waals surface area (Å²) in [6.07, 6.45) is 7.73. The van der Waals surface area contributed by atoms with Crippen LogP contribution in [0.1, 0.15) is 42.7 Å². The van der Waals surface area contributed by atoms with Gasteiger partial charge >= 0.3 is 0 Å². The Balaban J connectivity index is 1.51. The Labute approximate surface area is 163 Å². The lowest BCUT2D eigenvalue weighted by atomic mass is 9.94. The molecule has 2 aromatic rings. The van der Waals surface area contributed by atoms with Gasteiger partial charge in [0.05, 0.1) is 25.9 Å². The van der Waals surface area contributed by atoms with Crippen LogP contribution in [0.4, 0.5) is 0 Å². The summed E-state index contributed by atoms with van der Waals surface area (Å²) in [4.78, 5) is 15.6. The van der Waals surface area contributed by atoms with Gasteiger partial charge in [-0.25, -0.2) is 0 Å². The number of hydrogen-bond donors (Lipinski definition) is 2. The predicted molar refractivity (Wildman–Crippen MR) is 108 cm³/mol. The third-order valence-corrected chi connectivity index (χ3v) is 5.86. The van der Waals surface area contributed by atoms with Crippen molar-refractivity contribution in [2.75, 3.05) is 6.54 Å². The summed E-state index contributed by atoms with van der Waals surface area (Å²) in [5.74, 6) is 0.644. The first kappa shape index (κ1) is 18.9. The number of carbonyl (C=O) groups excluding carboxylic acids is 1. The van der Waals surface area contributed by atoms with E-state index in [1.54, 1.807) is 17.6 Å². The molecule has 0 atom stereocenters. The second-order valence-electron chi connectivity index (χ2n) is 6.51. The molecule has 0 unspecified atom stereocenters. The molecule has 0 bridgehead atoms. The Kier molecular flexibility index (Phi) is 7.08. The average Bonchev–Trinajstić information content (AvgIpc) is 3.37. The number of rotatable bonds is 7. The van der Waals surface area contributed by atoms with Crippen LogP contribution in [0.25, 0.3) is 0 Å². The van der Waals surface area contributed by atoms with Crippen LogP contribution in [0.3, 0.4) is 0 Å². The van der Waals surface area contributed by atoms with Gasteiger partial charge in [0.25, 0.3) is 0 Å². The molecule has 7 heteroatoms. The van der Waals surface area contributed by atoms with E-state index in [-0.39, 0.29) is 12.5 Å². The molecule has 0 aliphatic heterocycles. The Morgan fingerprint density at radius 3 is 2.77 bits per heavy atom. The van der Waals surface area contributed by atoms with Crippen LogP contribution >= 0.6 is 23.6 Å². The maximum atomic E-state index is 12.1. The molecule has 1 amide bonds. The van der Waals surface area contributed by atoms with Crippen molar-refractivity contribution in [1.82, 2.24) is 15.5 Å². The minimum absolute atomic E-state index is 0.0940. The van der Waals surface area contributed by atoms with Crippen LogP contribution < -0.4 is 10.6 Å². The number of nitrogens with zero attached hydrogens (tertiary/aromatic N) is 1. The van der Waals surface area contributed by atoms with Crippen LogP contribution in [0.15, 0.2) is 40.3 Å². The van der Waals surface area contributed by atoms with Crippen molar-refractivity contribution in [2.24, 2.45) is 0 Å². The first-order valence-electron chi connectivity index (χ1n) is 9.08. The zero-order valence-electron chi connectivity index (χ0n) is 14.8. The first-order valence-corrected chi connectivity index (χ1v) is 10.4. The van der Waals surface area contributed by atoms with Gasteiger partial charge in [0.15, 0.2) is 5.11 Å². The smallest absolute Gasteiger partial charge is 0.239 e. The Hall–Kier alpha value is -1.86. The molecule has 0 radical (unpaired) electrons. The monoisotopic (exact) mass is 391 g/mol. The van der Waals surface area contributed by atoms with Gasteiger partial charge in [-0.1, -0.05) is 25.3 Å². The highest BCUT2D eigenvalue weighted by atomic mass is 32.1. The van der Waals surface area contributed by atoms with Crippen molar-refractivity contribution < 1.29 is 9.21 Å². The number of hydrogen-bond acceptors (Lipinski definition) is 4. The third kappa shape index (κ3) is 5.57. The number of nitrogens with one attached hydrogen (secondary N) is 2. The maximum Gasteiger partial charge on any atom is 0.239 e. The summed E-state index contributed by atoms with van der Waals surface area (Å²) in [5.41, 5.74) is 0. The Morgan fingerprint density at radius 2 is 2.08 bits per heavy atom. The highest BCUT2D eigenvalue weighted by Gasteiger charge is 2.24. The lowest BCUT2D eigenvalue weighted by Gasteiger charge is -2.36. The fourth-order valence-corrected chi connectivity index (χ4v) is 4.24. The molecule has 1 fully saturated rings. The Bertz CT molecular complexity index is 680. The van der Waals surface area contributed by atoms with Crippen molar-refractivity contribution in [2.45, 2.75) is 51.2 Å². The van der Waals surface area contributed by atoms with Crippen molar-refractivity contribution in [3.05, 3.63) is 46.5 Å². The molecule has 1 saturated carbocycles. The van der Waals surface area contributed by atoms with E-state index in [0.29, 0.717) is 17.7 Å². The van der Waals surface area contributed by atoms with E-state index in [2.05, 4.69) is 33.0 Å². The van der Waals surface area contributed by atoms with Gasteiger partial charge in [-0.15, -0.1) is 11.3 Å². The van der Waals surface area contributed by atoms with Crippen LogP contribution in [-0.4, -0.2) is 28.5 Å². The fraction of sp³-hybridized carbons (Fsp3) is 0.474. The van der Waals surface area contributed by atoms with Gasteiger partial charge in [0.2, 0.25) is 5.91 Å².